The highest BCUT2D eigenvalue weighted by Crippen LogP contribution is 2.23. The second kappa shape index (κ2) is 7.84. The van der Waals surface area contributed by atoms with Crippen molar-refractivity contribution in [3.8, 4) is 0 Å². The van der Waals surface area contributed by atoms with Crippen molar-refractivity contribution in [1.29, 1.82) is 0 Å². The monoisotopic (exact) mass is 372 g/mol. The van der Waals surface area contributed by atoms with Crippen LogP contribution in [0.25, 0.3) is 0 Å². The fraction of sp³-hybridized carbons (Fsp3) is 0.278. The summed E-state index contributed by atoms with van der Waals surface area (Å²) >= 11 is 3.20. The number of rotatable bonds is 6. The van der Waals surface area contributed by atoms with Crippen LogP contribution < -0.4 is 10.9 Å². The molecule has 0 aliphatic heterocycles. The van der Waals surface area contributed by atoms with Crippen molar-refractivity contribution in [2.45, 2.75) is 30.7 Å². The first-order chi connectivity index (χ1) is 12.0. The molecule has 3 aromatic rings. The maximum atomic E-state index is 12.5. The van der Waals surface area contributed by atoms with Crippen molar-refractivity contribution in [3.05, 3.63) is 62.6 Å². The van der Waals surface area contributed by atoms with Crippen LogP contribution in [0.4, 0.5) is 11.5 Å². The van der Waals surface area contributed by atoms with Gasteiger partial charge < -0.3 is 5.32 Å². The summed E-state index contributed by atoms with van der Waals surface area (Å²) in [6, 6.07) is 12.1. The minimum Gasteiger partial charge on any atom is -0.334 e. The summed E-state index contributed by atoms with van der Waals surface area (Å²) in [5.74, 6) is 1.49. The molecule has 0 fully saturated rings. The van der Waals surface area contributed by atoms with Crippen LogP contribution >= 0.6 is 23.1 Å². The van der Waals surface area contributed by atoms with E-state index in [1.54, 1.807) is 18.4 Å². The van der Waals surface area contributed by atoms with Gasteiger partial charge in [0.1, 0.15) is 0 Å². The molecule has 0 bridgehead atoms. The first-order valence-electron chi connectivity index (χ1n) is 8.00. The van der Waals surface area contributed by atoms with Gasteiger partial charge in [0.15, 0.2) is 5.16 Å². The van der Waals surface area contributed by atoms with E-state index in [2.05, 4.69) is 47.6 Å². The lowest BCUT2D eigenvalue weighted by atomic mass is 10.0. The van der Waals surface area contributed by atoms with Crippen LogP contribution in [0.1, 0.15) is 30.2 Å². The number of anilines is 2. The largest absolute Gasteiger partial charge is 0.334 e. The summed E-state index contributed by atoms with van der Waals surface area (Å²) in [5, 5.41) is 14.0. The Morgan fingerprint density at radius 3 is 2.60 bits per heavy atom. The molecule has 1 aromatic carbocycles. The van der Waals surface area contributed by atoms with E-state index in [0.29, 0.717) is 11.1 Å². The summed E-state index contributed by atoms with van der Waals surface area (Å²) < 4.78 is 1.54. The van der Waals surface area contributed by atoms with E-state index in [1.165, 1.54) is 26.8 Å². The van der Waals surface area contributed by atoms with Crippen LogP contribution in [-0.4, -0.2) is 14.8 Å². The van der Waals surface area contributed by atoms with Gasteiger partial charge in [-0.3, -0.25) is 9.36 Å². The second-order valence-electron chi connectivity index (χ2n) is 5.97. The van der Waals surface area contributed by atoms with E-state index in [-0.39, 0.29) is 11.4 Å². The molecule has 0 unspecified atom stereocenters. The summed E-state index contributed by atoms with van der Waals surface area (Å²) in [6.07, 6.45) is 0. The van der Waals surface area contributed by atoms with Crippen LogP contribution in [0.5, 0.6) is 0 Å². The van der Waals surface area contributed by atoms with Gasteiger partial charge in [0.05, 0.1) is 0 Å². The normalized spacial score (nSPS) is 11.0. The third-order valence-electron chi connectivity index (χ3n) is 3.79. The molecule has 7 heteroatoms. The van der Waals surface area contributed by atoms with Gasteiger partial charge in [-0.15, -0.1) is 21.5 Å². The highest BCUT2D eigenvalue weighted by Gasteiger charge is 2.11. The number of thioether (sulfide) groups is 1. The highest BCUT2D eigenvalue weighted by atomic mass is 32.2. The second-order valence-corrected chi connectivity index (χ2v) is 7.94. The third kappa shape index (κ3) is 4.29. The maximum Gasteiger partial charge on any atom is 0.297 e. The molecule has 1 N–H and O–H groups in total. The Morgan fingerprint density at radius 1 is 1.20 bits per heavy atom. The highest BCUT2D eigenvalue weighted by molar-refractivity contribution is 7.98. The van der Waals surface area contributed by atoms with E-state index in [9.17, 15) is 4.79 Å². The summed E-state index contributed by atoms with van der Waals surface area (Å²) in [4.78, 5) is 13.8. The van der Waals surface area contributed by atoms with E-state index in [0.717, 1.165) is 11.4 Å². The van der Waals surface area contributed by atoms with Crippen LogP contribution in [-0.2, 0) is 12.8 Å². The fourth-order valence-corrected chi connectivity index (χ4v) is 3.95. The Labute approximate surface area is 155 Å². The average Bonchev–Trinajstić information content (AvgIpc) is 3.12. The van der Waals surface area contributed by atoms with E-state index in [4.69, 9.17) is 0 Å². The first-order valence-corrected chi connectivity index (χ1v) is 9.87. The van der Waals surface area contributed by atoms with Crippen molar-refractivity contribution in [2.75, 3.05) is 5.32 Å². The number of nitrogens with zero attached hydrogens (tertiary/aromatic N) is 3. The number of hydrogen-bond donors (Lipinski definition) is 1. The molecule has 0 radical (unpaired) electrons. The molecule has 0 atom stereocenters. The van der Waals surface area contributed by atoms with Crippen LogP contribution in [0, 0.1) is 0 Å². The third-order valence-corrected chi connectivity index (χ3v) is 5.92. The van der Waals surface area contributed by atoms with E-state index >= 15 is 0 Å². The molecule has 130 valence electrons. The Balaban J connectivity index is 1.74. The van der Waals surface area contributed by atoms with Gasteiger partial charge in [-0.25, -0.2) is 0 Å². The Hall–Kier alpha value is -2.12. The van der Waals surface area contributed by atoms with Gasteiger partial charge in [-0.2, -0.15) is 0 Å². The predicted molar refractivity (Wildman–Crippen MR) is 105 cm³/mol. The SMILES string of the molecule is CC(C)c1ccc(Nc2nnc(SCc3cccs3)n(C)c2=O)cc1. The maximum absolute atomic E-state index is 12.5. The van der Waals surface area contributed by atoms with Crippen LogP contribution in [0.3, 0.4) is 0 Å². The standard InChI is InChI=1S/C18H20N4OS2/c1-12(2)13-6-8-14(9-7-13)19-16-17(23)22(3)18(21-20-16)25-11-15-5-4-10-24-15/h4-10,12H,11H2,1-3H3,(H,19,20). The number of nitrogens with one attached hydrogen (secondary N) is 1. The van der Waals surface area contributed by atoms with Gasteiger partial charge in [0, 0.05) is 23.4 Å². The van der Waals surface area contributed by atoms with Crippen molar-refractivity contribution in [1.82, 2.24) is 14.8 Å². The minimum absolute atomic E-state index is 0.184. The topological polar surface area (TPSA) is 59.8 Å². The number of thiophene rings is 1. The van der Waals surface area contributed by atoms with Crippen LogP contribution in [0.15, 0.2) is 51.7 Å². The van der Waals surface area contributed by atoms with Crippen molar-refractivity contribution >= 4 is 34.6 Å². The van der Waals surface area contributed by atoms with Crippen molar-refractivity contribution < 1.29 is 0 Å². The molecule has 3 rings (SSSR count). The zero-order chi connectivity index (χ0) is 17.8. The quantitative estimate of drug-likeness (QED) is 0.650. The Bertz CT molecular complexity index is 886. The zero-order valence-corrected chi connectivity index (χ0v) is 16.0. The van der Waals surface area contributed by atoms with Crippen molar-refractivity contribution in [3.63, 3.8) is 0 Å². The lowest BCUT2D eigenvalue weighted by Crippen LogP contribution is -2.24. The molecule has 0 amide bonds. The Kier molecular flexibility index (Phi) is 5.55. The number of aromatic nitrogens is 3. The molecule has 0 aliphatic rings. The fourth-order valence-electron chi connectivity index (χ4n) is 2.27. The summed E-state index contributed by atoms with van der Waals surface area (Å²) in [5.41, 5.74) is 1.90. The number of benzene rings is 1. The van der Waals surface area contributed by atoms with Gasteiger partial charge >= 0.3 is 0 Å². The zero-order valence-electron chi connectivity index (χ0n) is 14.4. The molecule has 0 spiro atoms. The lowest BCUT2D eigenvalue weighted by Gasteiger charge is -2.10. The predicted octanol–water partition coefficient (Wildman–Crippen LogP) is 4.40. The first kappa shape index (κ1) is 17.7. The summed E-state index contributed by atoms with van der Waals surface area (Å²) in [6.45, 7) is 4.30. The number of hydrogen-bond acceptors (Lipinski definition) is 6. The molecule has 0 saturated carbocycles. The van der Waals surface area contributed by atoms with Gasteiger partial charge in [0.2, 0.25) is 5.82 Å². The van der Waals surface area contributed by atoms with Gasteiger partial charge in [-0.05, 0) is 35.1 Å². The molecule has 25 heavy (non-hydrogen) atoms. The molecule has 0 saturated heterocycles. The average molecular weight is 373 g/mol. The lowest BCUT2D eigenvalue weighted by molar-refractivity contribution is 0.667. The van der Waals surface area contributed by atoms with Crippen LogP contribution in [0.2, 0.25) is 0 Å². The molecular weight excluding hydrogens is 352 g/mol. The minimum atomic E-state index is -0.184. The summed E-state index contributed by atoms with van der Waals surface area (Å²) in [7, 11) is 1.72. The van der Waals surface area contributed by atoms with Crippen molar-refractivity contribution in [2.24, 2.45) is 7.05 Å². The van der Waals surface area contributed by atoms with E-state index in [1.807, 2.05) is 23.6 Å². The van der Waals surface area contributed by atoms with Gasteiger partial charge in [-0.1, -0.05) is 43.8 Å². The molecule has 2 heterocycles. The smallest absolute Gasteiger partial charge is 0.297 e. The molecule has 2 aromatic heterocycles. The molecular formula is C18H20N4OS2. The Morgan fingerprint density at radius 2 is 1.96 bits per heavy atom. The van der Waals surface area contributed by atoms with Gasteiger partial charge in [0.25, 0.3) is 5.56 Å². The molecule has 5 nitrogen and oxygen atoms in total. The van der Waals surface area contributed by atoms with E-state index < -0.39 is 0 Å². The molecule has 0 aliphatic carbocycles.